The Balaban J connectivity index is 1.83. The van der Waals surface area contributed by atoms with Crippen LogP contribution in [0.25, 0.3) is 22.0 Å². The number of amides is 1. The summed E-state index contributed by atoms with van der Waals surface area (Å²) in [7, 11) is -1.44. The molecule has 9 heteroatoms. The van der Waals surface area contributed by atoms with E-state index < -0.39 is 14.6 Å². The molecule has 2 aromatic carbocycles. The van der Waals surface area contributed by atoms with E-state index in [1.165, 1.54) is 17.6 Å². The van der Waals surface area contributed by atoms with Gasteiger partial charge in [-0.15, -0.1) is 11.3 Å². The lowest BCUT2D eigenvalue weighted by Gasteiger charge is -2.24. The third-order valence-corrected chi connectivity index (χ3v) is 8.52. The topological polar surface area (TPSA) is 89.0 Å². The molecule has 4 rings (SSSR count). The molecule has 0 atom stereocenters. The number of sulfone groups is 1. The first-order valence-corrected chi connectivity index (χ1v) is 12.7. The van der Waals surface area contributed by atoms with Crippen molar-refractivity contribution in [2.75, 3.05) is 11.6 Å². The van der Waals surface area contributed by atoms with Gasteiger partial charge in [-0.05, 0) is 60.1 Å². The maximum absolute atomic E-state index is 12.8. The third kappa shape index (κ3) is 4.18. The standard InChI is InChI=1S/C23H22BN3O3S2/c1-23(2,32(3,29)30)17-11-15-8-5-9-25-20(15)18(12-17)14-6-4-7-16(10-14)21(28)27-22-26-13-19(24)31-22/h4-13H,24H2,1-3H3,(H,26,27,28). The Hall–Kier alpha value is -3.04. The molecule has 0 fully saturated rings. The molecular formula is C23H22BN3O3S2. The molecule has 0 saturated carbocycles. The van der Waals surface area contributed by atoms with Gasteiger partial charge in [0.2, 0.25) is 0 Å². The van der Waals surface area contributed by atoms with Crippen molar-refractivity contribution < 1.29 is 13.2 Å². The van der Waals surface area contributed by atoms with Gasteiger partial charge < -0.3 is 0 Å². The Kier molecular flexibility index (Phi) is 5.64. The maximum Gasteiger partial charge on any atom is 0.257 e. The average molecular weight is 463 g/mol. The van der Waals surface area contributed by atoms with E-state index in [9.17, 15) is 13.2 Å². The maximum atomic E-state index is 12.8. The summed E-state index contributed by atoms with van der Waals surface area (Å²) in [4.78, 5) is 21.5. The van der Waals surface area contributed by atoms with Crippen molar-refractivity contribution in [1.29, 1.82) is 0 Å². The lowest BCUT2D eigenvalue weighted by Crippen LogP contribution is -2.28. The van der Waals surface area contributed by atoms with Gasteiger partial charge in [-0.1, -0.05) is 18.2 Å². The Morgan fingerprint density at radius 3 is 2.56 bits per heavy atom. The molecule has 0 spiro atoms. The van der Waals surface area contributed by atoms with Crippen LogP contribution in [-0.2, 0) is 14.6 Å². The third-order valence-electron chi connectivity index (χ3n) is 5.60. The molecule has 0 aliphatic heterocycles. The van der Waals surface area contributed by atoms with E-state index in [1.54, 1.807) is 44.4 Å². The lowest BCUT2D eigenvalue weighted by molar-refractivity contribution is 0.102. The van der Waals surface area contributed by atoms with Crippen LogP contribution in [0.15, 0.2) is 60.9 Å². The van der Waals surface area contributed by atoms with Crippen molar-refractivity contribution in [2.24, 2.45) is 0 Å². The molecule has 1 N–H and O–H groups in total. The molecule has 0 saturated heterocycles. The minimum atomic E-state index is -3.37. The molecule has 1 amide bonds. The van der Waals surface area contributed by atoms with E-state index in [0.29, 0.717) is 16.3 Å². The fraction of sp³-hybridized carbons (Fsp3) is 0.174. The molecule has 0 aliphatic carbocycles. The molecule has 0 bridgehead atoms. The first kappa shape index (κ1) is 22.2. The van der Waals surface area contributed by atoms with Crippen molar-refractivity contribution in [1.82, 2.24) is 9.97 Å². The Labute approximate surface area is 192 Å². The van der Waals surface area contributed by atoms with E-state index in [1.807, 2.05) is 38.2 Å². The van der Waals surface area contributed by atoms with Crippen molar-refractivity contribution in [3.05, 3.63) is 72.1 Å². The highest BCUT2D eigenvalue weighted by Gasteiger charge is 2.33. The van der Waals surface area contributed by atoms with Gasteiger partial charge in [0.25, 0.3) is 5.91 Å². The van der Waals surface area contributed by atoms with Crippen LogP contribution in [0, 0.1) is 0 Å². The second kappa shape index (κ2) is 8.14. The van der Waals surface area contributed by atoms with Gasteiger partial charge in [-0.3, -0.25) is 15.1 Å². The number of hydrogen-bond acceptors (Lipinski definition) is 6. The number of nitrogens with zero attached hydrogens (tertiary/aromatic N) is 2. The smallest absolute Gasteiger partial charge is 0.257 e. The fourth-order valence-corrected chi connectivity index (χ4v) is 4.59. The summed E-state index contributed by atoms with van der Waals surface area (Å²) in [5.41, 5.74) is 3.45. The molecular weight excluding hydrogens is 441 g/mol. The Morgan fingerprint density at radius 1 is 1.09 bits per heavy atom. The summed E-state index contributed by atoms with van der Waals surface area (Å²) in [5.74, 6) is -0.258. The number of aromatic nitrogens is 2. The number of fused-ring (bicyclic) bond motifs is 1. The minimum absolute atomic E-state index is 0.258. The number of carbonyl (C=O) groups excluding carboxylic acids is 1. The van der Waals surface area contributed by atoms with Gasteiger partial charge in [0.05, 0.1) is 10.3 Å². The zero-order chi connectivity index (χ0) is 23.1. The Morgan fingerprint density at radius 2 is 1.88 bits per heavy atom. The van der Waals surface area contributed by atoms with Crippen LogP contribution in [0.4, 0.5) is 5.13 Å². The number of rotatable bonds is 5. The summed E-state index contributed by atoms with van der Waals surface area (Å²) in [5, 5.41) is 4.21. The quantitative estimate of drug-likeness (QED) is 0.460. The molecule has 32 heavy (non-hydrogen) atoms. The molecule has 6 nitrogen and oxygen atoms in total. The van der Waals surface area contributed by atoms with Gasteiger partial charge in [0.15, 0.2) is 22.8 Å². The number of benzene rings is 2. The van der Waals surface area contributed by atoms with Crippen LogP contribution in [0.2, 0.25) is 0 Å². The highest BCUT2D eigenvalue weighted by atomic mass is 32.2. The summed E-state index contributed by atoms with van der Waals surface area (Å²) in [6.45, 7) is 3.40. The van der Waals surface area contributed by atoms with E-state index >= 15 is 0 Å². The normalized spacial score (nSPS) is 12.1. The summed E-state index contributed by atoms with van der Waals surface area (Å²) in [6.07, 6.45) is 4.66. The highest BCUT2D eigenvalue weighted by molar-refractivity contribution is 7.91. The van der Waals surface area contributed by atoms with E-state index in [-0.39, 0.29) is 5.91 Å². The van der Waals surface area contributed by atoms with E-state index in [4.69, 9.17) is 0 Å². The second-order valence-electron chi connectivity index (χ2n) is 8.19. The zero-order valence-electron chi connectivity index (χ0n) is 18.2. The van der Waals surface area contributed by atoms with Crippen LogP contribution in [0.1, 0.15) is 29.8 Å². The van der Waals surface area contributed by atoms with Gasteiger partial charge in [-0.25, -0.2) is 13.4 Å². The van der Waals surface area contributed by atoms with Crippen LogP contribution < -0.4 is 10.1 Å². The number of carbonyl (C=O) groups is 1. The number of hydrogen-bond donors (Lipinski definition) is 1. The summed E-state index contributed by atoms with van der Waals surface area (Å²) < 4.78 is 24.9. The number of thiazole rings is 1. The van der Waals surface area contributed by atoms with Crippen molar-refractivity contribution in [3.8, 4) is 11.1 Å². The predicted octanol–water partition coefficient (Wildman–Crippen LogP) is 3.15. The van der Waals surface area contributed by atoms with Crippen molar-refractivity contribution in [3.63, 3.8) is 0 Å². The van der Waals surface area contributed by atoms with Crippen LogP contribution in [0.5, 0.6) is 0 Å². The van der Waals surface area contributed by atoms with Crippen LogP contribution in [0.3, 0.4) is 0 Å². The molecule has 0 unspecified atom stereocenters. The van der Waals surface area contributed by atoms with E-state index in [0.717, 1.165) is 26.8 Å². The molecule has 162 valence electrons. The lowest BCUT2D eigenvalue weighted by atomic mass is 9.93. The monoisotopic (exact) mass is 463 g/mol. The molecule has 0 aliphatic rings. The first-order valence-electron chi connectivity index (χ1n) is 9.99. The minimum Gasteiger partial charge on any atom is -0.298 e. The number of pyridine rings is 1. The number of anilines is 1. The van der Waals surface area contributed by atoms with E-state index in [2.05, 4.69) is 15.3 Å². The number of nitrogens with one attached hydrogen (secondary N) is 1. The SMILES string of the molecule is Bc1cnc(NC(=O)c2cccc(-c3cc(C(C)(C)S(C)(=O)=O)cc4cccnc34)c2)s1. The summed E-state index contributed by atoms with van der Waals surface area (Å²) in [6, 6.07) is 14.7. The van der Waals surface area contributed by atoms with Crippen LogP contribution in [-0.4, -0.2) is 38.4 Å². The van der Waals surface area contributed by atoms with Gasteiger partial charge in [0.1, 0.15) is 0 Å². The Bertz CT molecular complexity index is 1450. The van der Waals surface area contributed by atoms with Crippen molar-refractivity contribution >= 4 is 55.7 Å². The van der Waals surface area contributed by atoms with Crippen LogP contribution >= 0.6 is 11.3 Å². The summed E-state index contributed by atoms with van der Waals surface area (Å²) >= 11 is 1.41. The zero-order valence-corrected chi connectivity index (χ0v) is 19.8. The molecule has 4 aromatic rings. The largest absolute Gasteiger partial charge is 0.298 e. The van der Waals surface area contributed by atoms with Gasteiger partial charge >= 0.3 is 0 Å². The van der Waals surface area contributed by atoms with Gasteiger partial charge in [0, 0.05) is 35.2 Å². The van der Waals surface area contributed by atoms with Gasteiger partial charge in [-0.2, -0.15) is 0 Å². The highest BCUT2D eigenvalue weighted by Crippen LogP contribution is 2.36. The fourth-order valence-electron chi connectivity index (χ4n) is 3.38. The molecule has 0 radical (unpaired) electrons. The van der Waals surface area contributed by atoms with Crippen molar-refractivity contribution in [2.45, 2.75) is 18.6 Å². The molecule has 2 heterocycles. The second-order valence-corrected chi connectivity index (χ2v) is 12.0. The molecule has 2 aromatic heterocycles. The average Bonchev–Trinajstić information content (AvgIpc) is 3.16. The first-order chi connectivity index (χ1) is 15.1. The predicted molar refractivity (Wildman–Crippen MR) is 133 cm³/mol.